The third-order valence-corrected chi connectivity index (χ3v) is 4.22. The number of nitrogens with zero attached hydrogens (tertiary/aromatic N) is 1. The third-order valence-electron chi connectivity index (χ3n) is 4.22. The highest BCUT2D eigenvalue weighted by atomic mass is 16.5. The number of carbonyl (C=O) groups is 1. The van der Waals surface area contributed by atoms with E-state index >= 15 is 0 Å². The first-order valence-corrected chi connectivity index (χ1v) is 8.41. The lowest BCUT2D eigenvalue weighted by Gasteiger charge is -2.18. The number of aromatic amines is 1. The number of rotatable bonds is 6. The highest BCUT2D eigenvalue weighted by Crippen LogP contribution is 2.33. The van der Waals surface area contributed by atoms with Crippen LogP contribution in [-0.2, 0) is 9.53 Å². The molecule has 3 rings (SSSR count). The molecular formula is C19H22N2O3. The monoisotopic (exact) mass is 326 g/mol. The van der Waals surface area contributed by atoms with E-state index in [1.807, 2.05) is 36.4 Å². The maximum atomic E-state index is 12.3. The van der Waals surface area contributed by atoms with Crippen molar-refractivity contribution in [1.82, 2.24) is 10.2 Å². The van der Waals surface area contributed by atoms with Crippen molar-refractivity contribution in [2.75, 3.05) is 13.2 Å². The van der Waals surface area contributed by atoms with Crippen molar-refractivity contribution in [2.45, 2.75) is 32.1 Å². The zero-order valence-electron chi connectivity index (χ0n) is 13.6. The third kappa shape index (κ3) is 3.74. The quantitative estimate of drug-likeness (QED) is 0.631. The predicted molar refractivity (Wildman–Crippen MR) is 92.1 cm³/mol. The Kier molecular flexibility index (Phi) is 5.43. The number of ether oxygens (including phenoxy) is 1. The van der Waals surface area contributed by atoms with E-state index in [4.69, 9.17) is 9.84 Å². The summed E-state index contributed by atoms with van der Waals surface area (Å²) in [7, 11) is 0. The summed E-state index contributed by atoms with van der Waals surface area (Å²) in [5.74, 6) is -0.269. The normalized spacial score (nSPS) is 14.7. The van der Waals surface area contributed by atoms with Gasteiger partial charge in [0, 0.05) is 24.2 Å². The molecule has 24 heavy (non-hydrogen) atoms. The van der Waals surface area contributed by atoms with Gasteiger partial charge in [-0.3, -0.25) is 5.10 Å². The van der Waals surface area contributed by atoms with E-state index in [9.17, 15) is 4.79 Å². The number of allylic oxidation sites excluding steroid dienone is 1. The lowest BCUT2D eigenvalue weighted by Crippen LogP contribution is -2.14. The molecule has 0 saturated carbocycles. The van der Waals surface area contributed by atoms with Crippen LogP contribution in [0.15, 0.2) is 42.0 Å². The second-order valence-electron chi connectivity index (χ2n) is 5.91. The topological polar surface area (TPSA) is 75.2 Å². The summed E-state index contributed by atoms with van der Waals surface area (Å²) in [6, 6.07) is 12.0. The molecule has 0 saturated heterocycles. The molecule has 1 aromatic carbocycles. The van der Waals surface area contributed by atoms with Gasteiger partial charge in [0.05, 0.1) is 18.0 Å². The van der Waals surface area contributed by atoms with E-state index in [0.29, 0.717) is 6.42 Å². The lowest BCUT2D eigenvalue weighted by molar-refractivity contribution is -0.139. The number of H-pyrrole nitrogens is 1. The molecule has 1 aliphatic rings. The molecule has 2 N–H and O–H groups in total. The van der Waals surface area contributed by atoms with Crippen molar-refractivity contribution in [3.05, 3.63) is 47.7 Å². The first-order chi connectivity index (χ1) is 11.8. The average Bonchev–Trinajstić information content (AvgIpc) is 3.12. The molecule has 0 spiro atoms. The van der Waals surface area contributed by atoms with Crippen molar-refractivity contribution in [2.24, 2.45) is 0 Å². The van der Waals surface area contributed by atoms with Gasteiger partial charge in [-0.25, -0.2) is 4.79 Å². The number of hydrogen-bond acceptors (Lipinski definition) is 4. The number of benzene rings is 1. The summed E-state index contributed by atoms with van der Waals surface area (Å²) in [6.07, 6.45) is 4.10. The highest BCUT2D eigenvalue weighted by molar-refractivity contribution is 5.97. The van der Waals surface area contributed by atoms with Crippen LogP contribution in [0.2, 0.25) is 0 Å². The van der Waals surface area contributed by atoms with Crippen LogP contribution < -0.4 is 0 Å². The summed E-state index contributed by atoms with van der Waals surface area (Å²) in [5.41, 5.74) is 4.55. The molecule has 0 radical (unpaired) electrons. The van der Waals surface area contributed by atoms with Gasteiger partial charge in [0.15, 0.2) is 0 Å². The minimum absolute atomic E-state index is 0.0279. The molecule has 126 valence electrons. The Morgan fingerprint density at radius 2 is 2.00 bits per heavy atom. The van der Waals surface area contributed by atoms with Gasteiger partial charge in [-0.15, -0.1) is 0 Å². The number of esters is 1. The zero-order valence-corrected chi connectivity index (χ0v) is 13.6. The van der Waals surface area contributed by atoms with Crippen LogP contribution in [0.5, 0.6) is 0 Å². The smallest absolute Gasteiger partial charge is 0.334 e. The van der Waals surface area contributed by atoms with Crippen molar-refractivity contribution in [1.29, 1.82) is 0 Å². The summed E-state index contributed by atoms with van der Waals surface area (Å²) >= 11 is 0. The molecule has 5 heteroatoms. The van der Waals surface area contributed by atoms with Crippen molar-refractivity contribution in [3.8, 4) is 11.3 Å². The molecule has 0 fully saturated rings. The summed E-state index contributed by atoms with van der Waals surface area (Å²) in [4.78, 5) is 12.3. The molecular weight excluding hydrogens is 304 g/mol. The standard InChI is InChI=1S/C19H22N2O3/c22-11-6-12-24-19(23)16-10-5-4-9-15(16)18-13-17(20-21-18)14-7-2-1-3-8-14/h1-3,7-8,13,22H,4-6,9-12H2,(H,20,21). The Labute approximate surface area is 141 Å². The van der Waals surface area contributed by atoms with E-state index in [1.165, 1.54) is 0 Å². The van der Waals surface area contributed by atoms with Crippen LogP contribution in [0.1, 0.15) is 37.8 Å². The second-order valence-corrected chi connectivity index (χ2v) is 5.91. The number of aromatic nitrogens is 2. The molecule has 0 unspecified atom stereocenters. The van der Waals surface area contributed by atoms with Crippen LogP contribution in [-0.4, -0.2) is 34.5 Å². The molecule has 2 aromatic rings. The van der Waals surface area contributed by atoms with Gasteiger partial charge in [-0.2, -0.15) is 5.10 Å². The van der Waals surface area contributed by atoms with Crippen LogP contribution in [0.25, 0.3) is 16.8 Å². The van der Waals surface area contributed by atoms with Gasteiger partial charge >= 0.3 is 5.97 Å². The van der Waals surface area contributed by atoms with Crippen molar-refractivity contribution in [3.63, 3.8) is 0 Å². The number of hydrogen-bond donors (Lipinski definition) is 2. The Morgan fingerprint density at radius 1 is 1.21 bits per heavy atom. The van der Waals surface area contributed by atoms with E-state index in [-0.39, 0.29) is 19.2 Å². The fraction of sp³-hybridized carbons (Fsp3) is 0.368. The Bertz CT molecular complexity index is 719. The van der Waals surface area contributed by atoms with Gasteiger partial charge in [0.1, 0.15) is 0 Å². The minimum Gasteiger partial charge on any atom is -0.462 e. The van der Waals surface area contributed by atoms with Gasteiger partial charge < -0.3 is 9.84 Å². The van der Waals surface area contributed by atoms with Crippen LogP contribution in [0, 0.1) is 0 Å². The van der Waals surface area contributed by atoms with E-state index < -0.39 is 0 Å². The fourth-order valence-electron chi connectivity index (χ4n) is 2.98. The van der Waals surface area contributed by atoms with Gasteiger partial charge in [0.25, 0.3) is 0 Å². The van der Waals surface area contributed by atoms with Gasteiger partial charge in [0.2, 0.25) is 0 Å². The maximum Gasteiger partial charge on any atom is 0.334 e. The van der Waals surface area contributed by atoms with E-state index in [2.05, 4.69) is 10.2 Å². The zero-order chi connectivity index (χ0) is 16.8. The number of aliphatic hydroxyl groups excluding tert-OH is 1. The molecule has 0 aliphatic heterocycles. The second kappa shape index (κ2) is 7.93. The molecule has 0 bridgehead atoms. The van der Waals surface area contributed by atoms with Crippen molar-refractivity contribution >= 4 is 11.5 Å². The molecule has 5 nitrogen and oxygen atoms in total. The van der Waals surface area contributed by atoms with Gasteiger partial charge in [-0.1, -0.05) is 30.3 Å². The summed E-state index contributed by atoms with van der Waals surface area (Å²) in [6.45, 7) is 0.282. The molecule has 1 aliphatic carbocycles. The van der Waals surface area contributed by atoms with Crippen molar-refractivity contribution < 1.29 is 14.6 Å². The molecule has 1 aromatic heterocycles. The average molecular weight is 326 g/mol. The fourth-order valence-corrected chi connectivity index (χ4v) is 2.98. The Balaban J connectivity index is 1.85. The molecule has 0 atom stereocenters. The Hall–Kier alpha value is -2.40. The van der Waals surface area contributed by atoms with Crippen LogP contribution in [0.3, 0.4) is 0 Å². The summed E-state index contributed by atoms with van der Waals surface area (Å²) in [5, 5.41) is 16.3. The van der Waals surface area contributed by atoms with Crippen LogP contribution >= 0.6 is 0 Å². The van der Waals surface area contributed by atoms with Gasteiger partial charge in [-0.05, 0) is 37.3 Å². The SMILES string of the molecule is O=C(OCCCO)C1=C(c2cc(-c3ccccc3)n[nH]2)CCCC1. The predicted octanol–water partition coefficient (Wildman–Crippen LogP) is 3.33. The number of aliphatic hydroxyl groups is 1. The summed E-state index contributed by atoms with van der Waals surface area (Å²) < 4.78 is 5.27. The number of nitrogens with one attached hydrogen (secondary N) is 1. The van der Waals surface area contributed by atoms with Crippen LogP contribution in [0.4, 0.5) is 0 Å². The first-order valence-electron chi connectivity index (χ1n) is 8.41. The molecule has 1 heterocycles. The Morgan fingerprint density at radius 3 is 2.79 bits per heavy atom. The minimum atomic E-state index is -0.269. The number of carbonyl (C=O) groups excluding carboxylic acids is 1. The molecule has 0 amide bonds. The lowest BCUT2D eigenvalue weighted by atomic mass is 9.89. The largest absolute Gasteiger partial charge is 0.462 e. The highest BCUT2D eigenvalue weighted by Gasteiger charge is 2.22. The maximum absolute atomic E-state index is 12.3. The first kappa shape index (κ1) is 16.5. The van der Waals surface area contributed by atoms with E-state index in [1.54, 1.807) is 0 Å². The van der Waals surface area contributed by atoms with E-state index in [0.717, 1.165) is 53.8 Å².